The van der Waals surface area contributed by atoms with Crippen molar-refractivity contribution in [2.75, 3.05) is 0 Å². The zero-order valence-corrected chi connectivity index (χ0v) is 15.6. The molecule has 0 amide bonds. The van der Waals surface area contributed by atoms with Crippen molar-refractivity contribution in [3.8, 4) is 5.75 Å². The van der Waals surface area contributed by atoms with Gasteiger partial charge in [0.1, 0.15) is 17.3 Å². The quantitative estimate of drug-likeness (QED) is 0.548. The van der Waals surface area contributed by atoms with E-state index in [4.69, 9.17) is 0 Å². The molecule has 2 rings (SSSR count). The molecule has 0 aliphatic carbocycles. The summed E-state index contributed by atoms with van der Waals surface area (Å²) in [4.78, 5) is 3.79. The molecular weight excluding hydrogens is 343 g/mol. The van der Waals surface area contributed by atoms with Crippen LogP contribution in [0.25, 0.3) is 0 Å². The third-order valence-corrected chi connectivity index (χ3v) is 10.6. The monoisotopic (exact) mass is 365 g/mol. The van der Waals surface area contributed by atoms with E-state index in [1.165, 1.54) is 6.21 Å². The maximum Gasteiger partial charge on any atom is 0.154 e. The second-order valence-corrected chi connectivity index (χ2v) is 11.3. The van der Waals surface area contributed by atoms with Crippen molar-refractivity contribution in [3.05, 3.63) is 53.3 Å². The molecule has 0 aliphatic rings. The van der Waals surface area contributed by atoms with Crippen LogP contribution in [0.5, 0.6) is 5.75 Å². The van der Waals surface area contributed by atoms with E-state index in [-0.39, 0.29) is 5.75 Å². The van der Waals surface area contributed by atoms with Crippen LogP contribution in [0, 0.1) is 17.5 Å². The first-order valence-corrected chi connectivity index (χ1v) is 11.0. The number of halogens is 3. The number of hydrogen-bond donors (Lipinski definition) is 1. The van der Waals surface area contributed by atoms with Crippen molar-refractivity contribution in [1.82, 2.24) is 0 Å². The van der Waals surface area contributed by atoms with Gasteiger partial charge in [0, 0.05) is 23.9 Å². The van der Waals surface area contributed by atoms with E-state index >= 15 is 0 Å². The molecule has 0 bridgehead atoms. The fourth-order valence-corrected chi connectivity index (χ4v) is 6.95. The summed E-state index contributed by atoms with van der Waals surface area (Å²) in [6.45, 7) is 6.38. The van der Waals surface area contributed by atoms with Crippen molar-refractivity contribution < 1.29 is 18.3 Å². The number of para-hydroxylation sites is 1. The topological polar surface area (TPSA) is 32.6 Å². The molecule has 0 fully saturated rings. The molecule has 0 saturated carbocycles. The first-order chi connectivity index (χ1) is 11.9. The zero-order chi connectivity index (χ0) is 18.6. The lowest BCUT2D eigenvalue weighted by Crippen LogP contribution is -2.46. The van der Waals surface area contributed by atoms with Crippen LogP contribution in [0.4, 0.5) is 18.9 Å². The third kappa shape index (κ3) is 3.79. The van der Waals surface area contributed by atoms with Gasteiger partial charge in [0.25, 0.3) is 0 Å². The number of aliphatic imine (C=N–C) groups is 1. The molecule has 0 radical (unpaired) electrons. The molecule has 1 N–H and O–H groups in total. The van der Waals surface area contributed by atoms with Crippen molar-refractivity contribution >= 4 is 25.2 Å². The lowest BCUT2D eigenvalue weighted by molar-refractivity contribution is 0.478. The summed E-state index contributed by atoms with van der Waals surface area (Å²) in [5.41, 5.74) is -0.177. The van der Waals surface area contributed by atoms with Gasteiger partial charge in [0.2, 0.25) is 0 Å². The Morgan fingerprint density at radius 1 is 1.00 bits per heavy atom. The van der Waals surface area contributed by atoms with Crippen molar-refractivity contribution in [2.24, 2.45) is 4.99 Å². The van der Waals surface area contributed by atoms with Crippen molar-refractivity contribution in [3.63, 3.8) is 0 Å². The number of rotatable bonds is 6. The third-order valence-electron chi connectivity index (χ3n) is 4.98. The first-order valence-electron chi connectivity index (χ1n) is 8.39. The van der Waals surface area contributed by atoms with Gasteiger partial charge in [0.15, 0.2) is 11.6 Å². The molecule has 0 aliphatic heterocycles. The standard InChI is InChI=1S/C19H22F3NOSi/c1-4-25(5-2,6-3)17-9-7-8-13(19(17)24)12-23-18-15(21)10-14(20)11-16(18)22/h7-12,24H,4-6H2,1-3H3. The molecule has 134 valence electrons. The van der Waals surface area contributed by atoms with Crippen LogP contribution in [0.2, 0.25) is 18.1 Å². The minimum atomic E-state index is -1.82. The van der Waals surface area contributed by atoms with Gasteiger partial charge >= 0.3 is 0 Å². The molecule has 2 aromatic carbocycles. The van der Waals surface area contributed by atoms with E-state index in [9.17, 15) is 18.3 Å². The number of aromatic hydroxyl groups is 1. The van der Waals surface area contributed by atoms with Crippen LogP contribution in [0.1, 0.15) is 26.3 Å². The van der Waals surface area contributed by atoms with Crippen LogP contribution in [0.15, 0.2) is 35.3 Å². The molecular formula is C19H22F3NOSi. The number of phenolic OH excluding ortho intramolecular Hbond substituents is 1. The maximum absolute atomic E-state index is 13.7. The number of benzene rings is 2. The Balaban J connectivity index is 2.47. The summed E-state index contributed by atoms with van der Waals surface area (Å²) in [6, 6.07) is 9.53. The zero-order valence-electron chi connectivity index (χ0n) is 14.6. The predicted molar refractivity (Wildman–Crippen MR) is 98.5 cm³/mol. The van der Waals surface area contributed by atoms with E-state index < -0.39 is 31.2 Å². The maximum atomic E-state index is 13.7. The van der Waals surface area contributed by atoms with Gasteiger partial charge < -0.3 is 5.11 Å². The van der Waals surface area contributed by atoms with Crippen LogP contribution in [0.3, 0.4) is 0 Å². The Morgan fingerprint density at radius 3 is 2.08 bits per heavy atom. The molecule has 0 atom stereocenters. The van der Waals surface area contributed by atoms with Gasteiger partial charge in [-0.1, -0.05) is 51.0 Å². The normalized spacial score (nSPS) is 12.1. The molecule has 0 heterocycles. The first kappa shape index (κ1) is 19.2. The second kappa shape index (κ2) is 7.87. The average Bonchev–Trinajstić information content (AvgIpc) is 2.58. The molecule has 6 heteroatoms. The lowest BCUT2D eigenvalue weighted by Gasteiger charge is -2.29. The van der Waals surface area contributed by atoms with E-state index in [1.807, 2.05) is 12.1 Å². The van der Waals surface area contributed by atoms with Gasteiger partial charge in [-0.25, -0.2) is 18.2 Å². The minimum Gasteiger partial charge on any atom is -0.507 e. The molecule has 2 nitrogen and oxygen atoms in total. The Labute approximate surface area is 147 Å². The summed E-state index contributed by atoms with van der Waals surface area (Å²) in [5, 5.41) is 11.6. The van der Waals surface area contributed by atoms with E-state index in [2.05, 4.69) is 25.8 Å². The molecule has 0 unspecified atom stereocenters. The SMILES string of the molecule is CC[Si](CC)(CC)c1cccc(C=Nc2c(F)cc(F)cc2F)c1O. The summed E-state index contributed by atoms with van der Waals surface area (Å²) in [7, 11) is -1.82. The lowest BCUT2D eigenvalue weighted by atomic mass is 10.2. The molecule has 2 aromatic rings. The Morgan fingerprint density at radius 2 is 1.56 bits per heavy atom. The second-order valence-electron chi connectivity index (χ2n) is 6.06. The number of hydrogen-bond acceptors (Lipinski definition) is 2. The van der Waals surface area contributed by atoms with Gasteiger partial charge in [-0.2, -0.15) is 0 Å². The summed E-state index contributed by atoms with van der Waals surface area (Å²) in [5.74, 6) is -3.04. The molecule has 0 aromatic heterocycles. The van der Waals surface area contributed by atoms with E-state index in [0.29, 0.717) is 17.7 Å². The van der Waals surface area contributed by atoms with Crippen LogP contribution < -0.4 is 5.19 Å². The van der Waals surface area contributed by atoms with Gasteiger partial charge in [0.05, 0.1) is 8.07 Å². The average molecular weight is 365 g/mol. The summed E-state index contributed by atoms with van der Waals surface area (Å²) in [6.07, 6.45) is 1.22. The Kier molecular flexibility index (Phi) is 6.05. The highest BCUT2D eigenvalue weighted by molar-refractivity contribution is 6.92. The van der Waals surface area contributed by atoms with Gasteiger partial charge in [-0.15, -0.1) is 0 Å². The van der Waals surface area contributed by atoms with Crippen LogP contribution in [-0.2, 0) is 0 Å². The molecule has 0 saturated heterocycles. The Hall–Kier alpha value is -2.08. The van der Waals surface area contributed by atoms with Crippen LogP contribution >= 0.6 is 0 Å². The van der Waals surface area contributed by atoms with E-state index in [1.54, 1.807) is 6.07 Å². The number of phenols is 1. The van der Waals surface area contributed by atoms with Gasteiger partial charge in [-0.3, -0.25) is 0 Å². The highest BCUT2D eigenvalue weighted by Gasteiger charge is 2.32. The van der Waals surface area contributed by atoms with Crippen LogP contribution in [-0.4, -0.2) is 19.4 Å². The predicted octanol–water partition coefficient (Wildman–Crippen LogP) is 5.28. The van der Waals surface area contributed by atoms with Crippen molar-refractivity contribution in [1.29, 1.82) is 0 Å². The molecule has 25 heavy (non-hydrogen) atoms. The highest BCUT2D eigenvalue weighted by Crippen LogP contribution is 2.27. The summed E-state index contributed by atoms with van der Waals surface area (Å²) >= 11 is 0. The minimum absolute atomic E-state index is 0.117. The number of nitrogens with zero attached hydrogens (tertiary/aromatic N) is 1. The highest BCUT2D eigenvalue weighted by atomic mass is 28.3. The van der Waals surface area contributed by atoms with Crippen molar-refractivity contribution in [2.45, 2.75) is 38.9 Å². The fourth-order valence-electron chi connectivity index (χ4n) is 3.21. The fraction of sp³-hybridized carbons (Fsp3) is 0.316. The smallest absolute Gasteiger partial charge is 0.154 e. The van der Waals surface area contributed by atoms with Gasteiger partial charge in [-0.05, 0) is 11.3 Å². The van der Waals surface area contributed by atoms with E-state index in [0.717, 1.165) is 23.3 Å². The largest absolute Gasteiger partial charge is 0.507 e. The molecule has 0 spiro atoms. The Bertz CT molecular complexity index is 757. The summed E-state index contributed by atoms with van der Waals surface area (Å²) < 4.78 is 40.4.